The van der Waals surface area contributed by atoms with E-state index in [0.29, 0.717) is 5.89 Å². The number of carbonyl (C=O) groups is 1. The molecule has 128 valence electrons. The number of nitrogens with zero attached hydrogens (tertiary/aromatic N) is 2. The number of rotatable bonds is 3. The van der Waals surface area contributed by atoms with Crippen LogP contribution in [0.2, 0.25) is 0 Å². The number of aromatic nitrogens is 1. The fourth-order valence-corrected chi connectivity index (χ4v) is 3.06. The quantitative estimate of drug-likeness (QED) is 0.924. The maximum atomic E-state index is 13.1. The number of hydrogen-bond donors (Lipinski definition) is 1. The number of carbonyl (C=O) groups excluding carboxylic acids is 1. The van der Waals surface area contributed by atoms with Crippen LogP contribution in [0, 0.1) is 5.41 Å². The zero-order valence-corrected chi connectivity index (χ0v) is 12.6. The van der Waals surface area contributed by atoms with E-state index in [-0.39, 0.29) is 37.5 Å². The molecule has 0 unspecified atom stereocenters. The van der Waals surface area contributed by atoms with Gasteiger partial charge in [0.25, 0.3) is 5.91 Å². The molecule has 0 aromatic carbocycles. The second kappa shape index (κ2) is 5.81. The van der Waals surface area contributed by atoms with Crippen molar-refractivity contribution < 1.29 is 27.5 Å². The summed E-state index contributed by atoms with van der Waals surface area (Å²) in [5.41, 5.74) is -1.96. The van der Waals surface area contributed by atoms with Gasteiger partial charge in [0.1, 0.15) is 6.26 Å². The van der Waals surface area contributed by atoms with Crippen LogP contribution < -0.4 is 0 Å². The molecule has 0 spiro atoms. The average molecular weight is 332 g/mol. The van der Waals surface area contributed by atoms with Crippen molar-refractivity contribution in [3.63, 3.8) is 0 Å². The SMILES string of the molecule is O=C(c1coc(C2CCC2)n1)N1CCC(CO)(C(F)(F)F)CC1. The third-order valence-electron chi connectivity index (χ3n) is 5.11. The Morgan fingerprint density at radius 2 is 2.04 bits per heavy atom. The number of piperidine rings is 1. The second-order valence-electron chi connectivity index (χ2n) is 6.43. The van der Waals surface area contributed by atoms with Crippen LogP contribution in [-0.2, 0) is 0 Å². The minimum atomic E-state index is -4.47. The first-order chi connectivity index (χ1) is 10.9. The number of oxazole rings is 1. The van der Waals surface area contributed by atoms with Crippen LogP contribution in [0.4, 0.5) is 13.2 Å². The highest BCUT2D eigenvalue weighted by Crippen LogP contribution is 2.46. The third kappa shape index (κ3) is 2.84. The lowest BCUT2D eigenvalue weighted by Crippen LogP contribution is -2.51. The predicted octanol–water partition coefficient (Wildman–Crippen LogP) is 2.72. The summed E-state index contributed by atoms with van der Waals surface area (Å²) in [6.07, 6.45) is -0.692. The molecule has 0 radical (unpaired) electrons. The average Bonchev–Trinajstić information content (AvgIpc) is 2.93. The van der Waals surface area contributed by atoms with Crippen molar-refractivity contribution in [2.75, 3.05) is 19.7 Å². The summed E-state index contributed by atoms with van der Waals surface area (Å²) >= 11 is 0. The first kappa shape index (κ1) is 16.3. The van der Waals surface area contributed by atoms with Crippen molar-refractivity contribution >= 4 is 5.91 Å². The highest BCUT2D eigenvalue weighted by molar-refractivity contribution is 5.92. The first-order valence-corrected chi connectivity index (χ1v) is 7.78. The molecular weight excluding hydrogens is 313 g/mol. The Morgan fingerprint density at radius 3 is 2.52 bits per heavy atom. The van der Waals surface area contributed by atoms with Gasteiger partial charge in [-0.2, -0.15) is 13.2 Å². The highest BCUT2D eigenvalue weighted by Gasteiger charge is 2.55. The molecule has 2 fully saturated rings. The van der Waals surface area contributed by atoms with Gasteiger partial charge in [0.2, 0.25) is 0 Å². The zero-order chi connectivity index (χ0) is 16.7. The van der Waals surface area contributed by atoms with E-state index in [4.69, 9.17) is 9.52 Å². The van der Waals surface area contributed by atoms with E-state index in [1.54, 1.807) is 0 Å². The molecule has 1 aliphatic heterocycles. The molecule has 0 atom stereocenters. The fourth-order valence-electron chi connectivity index (χ4n) is 3.06. The Hall–Kier alpha value is -1.57. The minimum Gasteiger partial charge on any atom is -0.448 e. The molecule has 1 N–H and O–H groups in total. The molecule has 23 heavy (non-hydrogen) atoms. The Morgan fingerprint density at radius 1 is 1.39 bits per heavy atom. The van der Waals surface area contributed by atoms with Crippen LogP contribution in [0.1, 0.15) is 54.4 Å². The van der Waals surface area contributed by atoms with Crippen LogP contribution in [0.15, 0.2) is 10.7 Å². The number of halogens is 3. The molecule has 2 aliphatic rings. The molecule has 3 rings (SSSR count). The van der Waals surface area contributed by atoms with Crippen LogP contribution >= 0.6 is 0 Å². The van der Waals surface area contributed by atoms with Gasteiger partial charge in [0.15, 0.2) is 11.6 Å². The van der Waals surface area contributed by atoms with E-state index >= 15 is 0 Å². The van der Waals surface area contributed by atoms with Crippen molar-refractivity contribution in [3.8, 4) is 0 Å². The van der Waals surface area contributed by atoms with Crippen molar-refractivity contribution in [3.05, 3.63) is 17.8 Å². The van der Waals surface area contributed by atoms with E-state index in [2.05, 4.69) is 4.98 Å². The molecule has 2 heterocycles. The smallest absolute Gasteiger partial charge is 0.396 e. The van der Waals surface area contributed by atoms with Gasteiger partial charge >= 0.3 is 6.18 Å². The van der Waals surface area contributed by atoms with Gasteiger partial charge in [-0.1, -0.05) is 6.42 Å². The molecule has 1 aromatic heterocycles. The molecule has 1 saturated carbocycles. The number of likely N-dealkylation sites (tertiary alicyclic amines) is 1. The monoisotopic (exact) mass is 332 g/mol. The van der Waals surface area contributed by atoms with Crippen LogP contribution in [0.25, 0.3) is 0 Å². The van der Waals surface area contributed by atoms with E-state index in [1.807, 2.05) is 0 Å². The lowest BCUT2D eigenvalue weighted by molar-refractivity contribution is -0.247. The van der Waals surface area contributed by atoms with Gasteiger partial charge in [-0.15, -0.1) is 0 Å². The molecule has 5 nitrogen and oxygen atoms in total. The van der Waals surface area contributed by atoms with Crippen molar-refractivity contribution in [1.82, 2.24) is 9.88 Å². The zero-order valence-electron chi connectivity index (χ0n) is 12.6. The summed E-state index contributed by atoms with van der Waals surface area (Å²) in [6, 6.07) is 0. The Labute approximate surface area is 131 Å². The van der Waals surface area contributed by atoms with Crippen molar-refractivity contribution in [1.29, 1.82) is 0 Å². The summed E-state index contributed by atoms with van der Waals surface area (Å²) in [6.45, 7) is -1.05. The topological polar surface area (TPSA) is 66.6 Å². The van der Waals surface area contributed by atoms with Gasteiger partial charge < -0.3 is 14.4 Å². The van der Waals surface area contributed by atoms with Gasteiger partial charge in [-0.25, -0.2) is 4.98 Å². The number of amides is 1. The molecule has 1 saturated heterocycles. The van der Waals surface area contributed by atoms with Gasteiger partial charge in [0.05, 0.1) is 12.0 Å². The van der Waals surface area contributed by atoms with E-state index in [1.165, 1.54) is 11.2 Å². The first-order valence-electron chi connectivity index (χ1n) is 7.78. The van der Waals surface area contributed by atoms with Crippen LogP contribution in [0.5, 0.6) is 0 Å². The van der Waals surface area contributed by atoms with Crippen LogP contribution in [-0.4, -0.2) is 46.8 Å². The molecule has 1 amide bonds. The van der Waals surface area contributed by atoms with Crippen molar-refractivity contribution in [2.45, 2.75) is 44.2 Å². The maximum absolute atomic E-state index is 13.1. The Balaban J connectivity index is 1.65. The van der Waals surface area contributed by atoms with Gasteiger partial charge in [-0.05, 0) is 25.7 Å². The summed E-state index contributed by atoms with van der Waals surface area (Å²) in [5, 5.41) is 9.17. The maximum Gasteiger partial charge on any atom is 0.396 e. The highest BCUT2D eigenvalue weighted by atomic mass is 19.4. The normalized spacial score (nSPS) is 22.0. The van der Waals surface area contributed by atoms with Crippen molar-refractivity contribution in [2.24, 2.45) is 5.41 Å². The predicted molar refractivity (Wildman–Crippen MR) is 73.8 cm³/mol. The Kier molecular flexibility index (Phi) is 4.12. The lowest BCUT2D eigenvalue weighted by Gasteiger charge is -2.41. The summed E-state index contributed by atoms with van der Waals surface area (Å²) in [5.74, 6) is 0.384. The number of aliphatic hydroxyl groups is 1. The largest absolute Gasteiger partial charge is 0.448 e. The minimum absolute atomic E-state index is 0.0511. The Bertz CT molecular complexity index is 573. The number of alkyl halides is 3. The summed E-state index contributed by atoms with van der Waals surface area (Å²) in [4.78, 5) is 17.9. The van der Waals surface area contributed by atoms with Gasteiger partial charge in [0, 0.05) is 19.0 Å². The summed E-state index contributed by atoms with van der Waals surface area (Å²) < 4.78 is 44.6. The fraction of sp³-hybridized carbons (Fsp3) is 0.733. The van der Waals surface area contributed by atoms with E-state index < -0.39 is 24.1 Å². The lowest BCUT2D eigenvalue weighted by atomic mass is 9.78. The molecular formula is C15H19F3N2O3. The summed E-state index contributed by atoms with van der Waals surface area (Å²) in [7, 11) is 0. The molecule has 8 heteroatoms. The number of aliphatic hydroxyl groups excluding tert-OH is 1. The van der Waals surface area contributed by atoms with Gasteiger partial charge in [-0.3, -0.25) is 4.79 Å². The van der Waals surface area contributed by atoms with Crippen LogP contribution in [0.3, 0.4) is 0 Å². The molecule has 1 aromatic rings. The third-order valence-corrected chi connectivity index (χ3v) is 5.11. The molecule has 1 aliphatic carbocycles. The van der Waals surface area contributed by atoms with E-state index in [9.17, 15) is 18.0 Å². The standard InChI is InChI=1S/C15H19F3N2O3/c16-15(17,18)14(9-21)4-6-20(7-5-14)13(22)11-8-23-12(19-11)10-2-1-3-10/h8,10,21H,1-7,9H2. The van der Waals surface area contributed by atoms with E-state index in [0.717, 1.165) is 19.3 Å². The number of hydrogen-bond acceptors (Lipinski definition) is 4. The second-order valence-corrected chi connectivity index (χ2v) is 6.43. The molecule has 0 bridgehead atoms.